The van der Waals surface area contributed by atoms with Crippen LogP contribution in [-0.2, 0) is 19.2 Å². The van der Waals surface area contributed by atoms with Crippen LogP contribution in [0.4, 0.5) is 0 Å². The quantitative estimate of drug-likeness (QED) is 0.390. The standard InChI is InChI=1S/C21H33Cl2NO3S2/c22-15-9-11-16(12-10-15)29(26,27)14-13-28-20-8-4-3-7-19(20)24-21(25)17-5-1-2-6-18(17)23/h15-16,19-20H,1-14H2,(H-,24,25,26,27). The second-order valence-corrected chi connectivity index (χ2v) is 13.4. The highest BCUT2D eigenvalue weighted by atomic mass is 35.5. The van der Waals surface area contributed by atoms with E-state index in [9.17, 15) is 13.6 Å². The van der Waals surface area contributed by atoms with Crippen molar-refractivity contribution in [2.75, 3.05) is 11.5 Å². The minimum Gasteiger partial charge on any atom is -0.615 e. The lowest BCUT2D eigenvalue weighted by Crippen LogP contribution is -2.45. The van der Waals surface area contributed by atoms with Gasteiger partial charge < -0.3 is 9.87 Å². The van der Waals surface area contributed by atoms with E-state index in [4.69, 9.17) is 23.2 Å². The number of nitrogens with one attached hydrogen (secondary N) is 1. The number of rotatable bonds is 7. The Kier molecular flexibility index (Phi) is 9.24. The van der Waals surface area contributed by atoms with E-state index >= 15 is 0 Å². The van der Waals surface area contributed by atoms with Gasteiger partial charge in [0.2, 0.25) is 5.91 Å². The molecule has 2 fully saturated rings. The zero-order valence-corrected chi connectivity index (χ0v) is 20.2. The molecule has 8 heteroatoms. The van der Waals surface area contributed by atoms with Crippen molar-refractivity contribution in [3.8, 4) is 0 Å². The normalized spacial score (nSPS) is 33.2. The van der Waals surface area contributed by atoms with E-state index < -0.39 is 10.2 Å². The molecule has 166 valence electrons. The zero-order chi connectivity index (χ0) is 20.9. The highest BCUT2D eigenvalue weighted by Gasteiger charge is 2.34. The summed E-state index contributed by atoms with van der Waals surface area (Å²) in [6.45, 7) is 0. The van der Waals surface area contributed by atoms with Gasteiger partial charge in [0.15, 0.2) is 0 Å². The monoisotopic (exact) mass is 481 g/mol. The van der Waals surface area contributed by atoms with Crippen LogP contribution in [0.5, 0.6) is 0 Å². The Bertz CT molecular complexity index is 650. The first kappa shape index (κ1) is 23.9. The van der Waals surface area contributed by atoms with E-state index in [-0.39, 0.29) is 33.6 Å². The fourth-order valence-corrected chi connectivity index (χ4v) is 8.96. The highest BCUT2D eigenvalue weighted by Crippen LogP contribution is 2.33. The van der Waals surface area contributed by atoms with Crippen LogP contribution in [-0.4, -0.2) is 43.9 Å². The average Bonchev–Trinajstić information content (AvgIpc) is 2.70. The SMILES string of the molecule is O=C(NC1CCCCC1SCC[S+](=O)([O-])C1CCC(Cl)CC1)C1=C(Cl)CCCC1. The number of allylic oxidation sites excluding steroid dienone is 1. The smallest absolute Gasteiger partial charge is 0.248 e. The first-order chi connectivity index (χ1) is 13.9. The topological polar surface area (TPSA) is 69.2 Å². The molecule has 3 aliphatic carbocycles. The van der Waals surface area contributed by atoms with Gasteiger partial charge >= 0.3 is 0 Å². The number of amides is 1. The summed E-state index contributed by atoms with van der Waals surface area (Å²) in [7, 11) is -3.06. The first-order valence-electron chi connectivity index (χ1n) is 11.0. The fraction of sp³-hybridized carbons (Fsp3) is 0.857. The number of hydrogen-bond acceptors (Lipinski definition) is 4. The molecule has 0 heterocycles. The second kappa shape index (κ2) is 11.2. The van der Waals surface area contributed by atoms with Crippen molar-refractivity contribution in [3.63, 3.8) is 0 Å². The van der Waals surface area contributed by atoms with Crippen LogP contribution in [0, 0.1) is 0 Å². The predicted molar refractivity (Wildman–Crippen MR) is 124 cm³/mol. The number of sulfone groups is 1. The van der Waals surface area contributed by atoms with Gasteiger partial charge in [0.1, 0.15) is 11.0 Å². The number of hydrogen-bond donors (Lipinski definition) is 1. The van der Waals surface area contributed by atoms with Crippen LogP contribution in [0.15, 0.2) is 10.6 Å². The van der Waals surface area contributed by atoms with Crippen molar-refractivity contribution < 1.29 is 13.6 Å². The Balaban J connectivity index is 1.49. The number of carbonyl (C=O) groups excluding carboxylic acids is 1. The summed E-state index contributed by atoms with van der Waals surface area (Å²) < 4.78 is 25.4. The summed E-state index contributed by atoms with van der Waals surface area (Å²) in [5.74, 6) is 0.810. The molecule has 1 amide bonds. The van der Waals surface area contributed by atoms with Crippen molar-refractivity contribution in [3.05, 3.63) is 10.6 Å². The third-order valence-electron chi connectivity index (χ3n) is 6.51. The molecule has 3 atom stereocenters. The third kappa shape index (κ3) is 6.86. The highest BCUT2D eigenvalue weighted by molar-refractivity contribution is 8.02. The molecule has 1 N–H and O–H groups in total. The molecule has 0 aromatic rings. The Morgan fingerprint density at radius 2 is 1.76 bits per heavy atom. The maximum Gasteiger partial charge on any atom is 0.248 e. The van der Waals surface area contributed by atoms with E-state index in [2.05, 4.69) is 5.32 Å². The summed E-state index contributed by atoms with van der Waals surface area (Å²) in [5, 5.41) is 4.13. The molecule has 3 aliphatic rings. The van der Waals surface area contributed by atoms with Crippen molar-refractivity contribution in [1.29, 1.82) is 0 Å². The molecule has 29 heavy (non-hydrogen) atoms. The Morgan fingerprint density at radius 1 is 1.07 bits per heavy atom. The second-order valence-electron chi connectivity index (χ2n) is 8.61. The molecule has 4 nitrogen and oxygen atoms in total. The number of alkyl halides is 1. The molecule has 0 saturated heterocycles. The summed E-state index contributed by atoms with van der Waals surface area (Å²) in [6, 6.07) is 0.106. The van der Waals surface area contributed by atoms with E-state index in [1.165, 1.54) is 0 Å². The molecule has 2 saturated carbocycles. The molecule has 0 aromatic heterocycles. The van der Waals surface area contributed by atoms with E-state index in [1.807, 2.05) is 0 Å². The number of thioether (sulfide) groups is 1. The van der Waals surface area contributed by atoms with Gasteiger partial charge in [0, 0.05) is 33.0 Å². The number of carbonyl (C=O) groups is 1. The molecule has 0 aliphatic heterocycles. The molecule has 3 unspecified atom stereocenters. The van der Waals surface area contributed by atoms with Gasteiger partial charge in [-0.15, -0.1) is 15.8 Å². The zero-order valence-electron chi connectivity index (χ0n) is 17.0. The van der Waals surface area contributed by atoms with E-state index in [1.54, 1.807) is 11.8 Å². The van der Waals surface area contributed by atoms with Crippen LogP contribution in [0.25, 0.3) is 0 Å². The molecule has 0 aromatic carbocycles. The van der Waals surface area contributed by atoms with Crippen LogP contribution in [0.2, 0.25) is 0 Å². The maximum absolute atomic E-state index is 12.7. The lowest BCUT2D eigenvalue weighted by Gasteiger charge is -2.33. The maximum atomic E-state index is 12.7. The largest absolute Gasteiger partial charge is 0.615 e. The summed E-state index contributed by atoms with van der Waals surface area (Å²) in [5.41, 5.74) is 0.754. The number of halogens is 2. The minimum absolute atomic E-state index is 0.0161. The molecular formula is C21H33Cl2NO3S2. The Morgan fingerprint density at radius 3 is 2.48 bits per heavy atom. The lowest BCUT2D eigenvalue weighted by atomic mass is 9.93. The Labute approximate surface area is 190 Å². The summed E-state index contributed by atoms with van der Waals surface area (Å²) in [4.78, 5) is 12.7. The molecular weight excluding hydrogens is 449 g/mol. The third-order valence-corrected chi connectivity index (χ3v) is 11.3. The Hall–Kier alpha value is 0.250. The summed E-state index contributed by atoms with van der Waals surface area (Å²) in [6.07, 6.45) is 10.9. The first-order valence-corrected chi connectivity index (χ1v) is 14.6. The summed E-state index contributed by atoms with van der Waals surface area (Å²) >= 11 is 14.1. The molecule has 3 rings (SSSR count). The predicted octanol–water partition coefficient (Wildman–Crippen LogP) is 5.39. The van der Waals surface area contributed by atoms with Crippen molar-refractivity contribution in [2.45, 2.75) is 99.0 Å². The van der Waals surface area contributed by atoms with Crippen molar-refractivity contribution >= 4 is 51.1 Å². The van der Waals surface area contributed by atoms with Crippen molar-refractivity contribution in [2.24, 2.45) is 0 Å². The van der Waals surface area contributed by atoms with E-state index in [0.29, 0.717) is 23.6 Å². The van der Waals surface area contributed by atoms with Crippen LogP contribution >= 0.6 is 35.0 Å². The minimum atomic E-state index is -3.06. The van der Waals surface area contributed by atoms with Crippen LogP contribution < -0.4 is 5.32 Å². The molecule has 0 radical (unpaired) electrons. The van der Waals surface area contributed by atoms with Gasteiger partial charge in [0.25, 0.3) is 0 Å². The van der Waals surface area contributed by atoms with Crippen LogP contribution in [0.1, 0.15) is 77.0 Å². The van der Waals surface area contributed by atoms with Gasteiger partial charge in [-0.3, -0.25) is 4.79 Å². The van der Waals surface area contributed by atoms with Gasteiger partial charge in [0.05, 0.1) is 10.2 Å². The van der Waals surface area contributed by atoms with E-state index in [0.717, 1.165) is 69.8 Å². The molecule has 0 spiro atoms. The van der Waals surface area contributed by atoms with Gasteiger partial charge in [-0.25, -0.2) is 0 Å². The molecule has 0 bridgehead atoms. The lowest BCUT2D eigenvalue weighted by molar-refractivity contribution is -0.118. The van der Waals surface area contributed by atoms with Gasteiger partial charge in [-0.1, -0.05) is 24.4 Å². The van der Waals surface area contributed by atoms with Gasteiger partial charge in [-0.05, 0) is 64.2 Å². The van der Waals surface area contributed by atoms with Crippen molar-refractivity contribution in [1.82, 2.24) is 5.32 Å². The fourth-order valence-electron chi connectivity index (χ4n) is 4.69. The average molecular weight is 483 g/mol. The van der Waals surface area contributed by atoms with Gasteiger partial charge in [-0.2, -0.15) is 11.8 Å². The van der Waals surface area contributed by atoms with Crippen LogP contribution in [0.3, 0.4) is 0 Å².